The summed E-state index contributed by atoms with van der Waals surface area (Å²) in [6.07, 6.45) is 0. The summed E-state index contributed by atoms with van der Waals surface area (Å²) in [4.78, 5) is 9.72. The SMILES string of the molecule is CC(C)(C)c1cc(N(c2ccccc2)c2cccc3c2oc2ccccc23)c2ccc3c(C(C)(C)C)cc(N(c4ccccc4)c4cccc5c4oc4ccccc45)c4ccc1c2c43.Cc1cc(-c2cc(N(c3ccccc3)c3cccc4c3oc3ccccc34)c3ccc4c(-c5cc(C)c(C)c(C)c5)cc(N(c5ccccc5)c5cccc6c5oc5ccccc56)c5ccc2c3c45)cc(C)c1C. The van der Waals surface area contributed by atoms with Gasteiger partial charge in [0.15, 0.2) is 22.3 Å². The third kappa shape index (κ3) is 13.2. The zero-order chi connectivity index (χ0) is 93.4. The fraction of sp³-hybridized carbons (Fsp3) is 0.108. The van der Waals surface area contributed by atoms with E-state index in [1.165, 1.54) is 121 Å². The molecule has 0 bridgehead atoms. The lowest BCUT2D eigenvalue weighted by atomic mass is 9.77. The van der Waals surface area contributed by atoms with Gasteiger partial charge in [-0.15, -0.1) is 0 Å². The monoisotopic (exact) mass is 1780 g/mol. The lowest BCUT2D eigenvalue weighted by molar-refractivity contribution is 0.595. The fourth-order valence-corrected chi connectivity index (χ4v) is 22.3. The quantitative estimate of drug-likeness (QED) is 0.0998. The molecule has 0 aliphatic rings. The molecular weight excluding hydrogens is 1680 g/mol. The molecular formula is C130H100N4O4. The summed E-state index contributed by atoms with van der Waals surface area (Å²) in [6.45, 7) is 27.5. The van der Waals surface area contributed by atoms with Crippen molar-refractivity contribution in [3.63, 3.8) is 0 Å². The van der Waals surface area contributed by atoms with E-state index in [0.717, 1.165) is 167 Å². The maximum atomic E-state index is 6.91. The van der Waals surface area contributed by atoms with Crippen molar-refractivity contribution in [3.8, 4) is 22.3 Å². The Labute approximate surface area is 801 Å². The van der Waals surface area contributed by atoms with Crippen molar-refractivity contribution < 1.29 is 17.7 Å². The molecule has 4 heterocycles. The molecule has 26 aromatic rings. The number of benzene rings is 22. The lowest BCUT2D eigenvalue weighted by Gasteiger charge is -2.33. The van der Waals surface area contributed by atoms with E-state index >= 15 is 0 Å². The van der Waals surface area contributed by atoms with Crippen LogP contribution in [-0.2, 0) is 10.8 Å². The molecule has 138 heavy (non-hydrogen) atoms. The Kier molecular flexibility index (Phi) is 19.3. The number of rotatable bonds is 14. The standard InChI is InChI=1S/C70H52N2O2.C60H48N2O2/c1-41-35-47(36-42(2)45(41)5)59-39-63(71(49-19-9-7-10-20-49)61-27-17-25-55-51-23-13-15-29-65(51)73-69(55)61)57-34-32-54-60(48-37-43(3)46(6)44(4)38-48)40-64(58-33-31-53(59)67(57)68(54)58)72(50-21-11-8-12-22-50)62-28-18-26-56-52-24-14-16-30-66(52)74-70(56)62;1-59(2,3)47-35-51(61(37-19-9-7-10-20-37)49-27-17-25-41-39-23-13-15-29-53(39)63-57(41)49)45-34-32-44-48(60(4,5)6)36-52(46-33-31-43(47)55(45)56(44)46)62(38-21-11-8-12-22-38)50-28-18-26-42-40-24-14-16-30-54(40)64-58(42)50/h7-40H,1-6H3;7-36H,1-6H3. The molecule has 8 heteroatoms. The summed E-state index contributed by atoms with van der Waals surface area (Å²) in [7, 11) is 0. The molecule has 0 saturated heterocycles. The van der Waals surface area contributed by atoms with Crippen LogP contribution < -0.4 is 19.6 Å². The summed E-state index contributed by atoms with van der Waals surface area (Å²) in [5.74, 6) is 0. The molecule has 22 aromatic carbocycles. The Morgan fingerprint density at radius 3 is 0.659 bits per heavy atom. The van der Waals surface area contributed by atoms with E-state index in [4.69, 9.17) is 17.7 Å². The van der Waals surface area contributed by atoms with Gasteiger partial charge in [-0.2, -0.15) is 0 Å². The fourth-order valence-electron chi connectivity index (χ4n) is 22.3. The Hall–Kier alpha value is -16.7. The van der Waals surface area contributed by atoms with E-state index in [1.807, 2.05) is 12.1 Å². The van der Waals surface area contributed by atoms with Gasteiger partial charge in [0.25, 0.3) is 0 Å². The minimum Gasteiger partial charge on any atom is -0.454 e. The highest BCUT2D eigenvalue weighted by Crippen LogP contribution is 2.58. The van der Waals surface area contributed by atoms with Gasteiger partial charge in [-0.3, -0.25) is 0 Å². The highest BCUT2D eigenvalue weighted by molar-refractivity contribution is 6.34. The first-order chi connectivity index (χ1) is 67.2. The van der Waals surface area contributed by atoms with Gasteiger partial charge in [-0.05, 0) is 273 Å². The molecule has 0 N–H and O–H groups in total. The van der Waals surface area contributed by atoms with Crippen molar-refractivity contribution in [2.75, 3.05) is 19.6 Å². The lowest BCUT2D eigenvalue weighted by Crippen LogP contribution is -2.17. The van der Waals surface area contributed by atoms with Crippen molar-refractivity contribution >= 4 is 221 Å². The maximum absolute atomic E-state index is 6.91. The topological polar surface area (TPSA) is 65.5 Å². The van der Waals surface area contributed by atoms with Gasteiger partial charge in [0.2, 0.25) is 0 Å². The predicted octanol–water partition coefficient (Wildman–Crippen LogP) is 38.4. The predicted molar refractivity (Wildman–Crippen MR) is 585 cm³/mol. The number of hydrogen-bond acceptors (Lipinski definition) is 8. The molecule has 0 amide bonds. The normalized spacial score (nSPS) is 12.2. The second-order valence-corrected chi connectivity index (χ2v) is 39.6. The Balaban J connectivity index is 0.000000148. The van der Waals surface area contributed by atoms with Crippen molar-refractivity contribution in [1.82, 2.24) is 0 Å². The van der Waals surface area contributed by atoms with E-state index in [2.05, 4.69) is 479 Å². The number of anilines is 12. The minimum atomic E-state index is -0.187. The summed E-state index contributed by atoms with van der Waals surface area (Å²) in [6, 6.07) is 141. The van der Waals surface area contributed by atoms with Crippen LogP contribution in [-0.4, -0.2) is 0 Å². The van der Waals surface area contributed by atoms with Gasteiger partial charge >= 0.3 is 0 Å². The van der Waals surface area contributed by atoms with Crippen LogP contribution in [0.5, 0.6) is 0 Å². The van der Waals surface area contributed by atoms with Crippen LogP contribution >= 0.6 is 0 Å². The summed E-state index contributed by atoms with van der Waals surface area (Å²) in [5, 5.41) is 23.3. The number of furan rings is 4. The molecule has 0 aliphatic heterocycles. The summed E-state index contributed by atoms with van der Waals surface area (Å²) >= 11 is 0. The molecule has 8 nitrogen and oxygen atoms in total. The number of fused-ring (bicyclic) bond motifs is 12. The third-order valence-electron chi connectivity index (χ3n) is 29.3. The van der Waals surface area contributed by atoms with Gasteiger partial charge in [0.05, 0.1) is 45.5 Å². The summed E-state index contributed by atoms with van der Waals surface area (Å²) < 4.78 is 27.4. The van der Waals surface area contributed by atoms with Gasteiger partial charge in [-0.1, -0.05) is 308 Å². The highest BCUT2D eigenvalue weighted by Gasteiger charge is 2.35. The van der Waals surface area contributed by atoms with Gasteiger partial charge in [0.1, 0.15) is 22.3 Å². The first-order valence-corrected chi connectivity index (χ1v) is 48.0. The van der Waals surface area contributed by atoms with Crippen molar-refractivity contribution in [2.24, 2.45) is 0 Å². The number of para-hydroxylation sites is 12. The first-order valence-electron chi connectivity index (χ1n) is 48.0. The van der Waals surface area contributed by atoms with Crippen LogP contribution in [0.3, 0.4) is 0 Å². The van der Waals surface area contributed by atoms with Crippen molar-refractivity contribution in [2.45, 2.75) is 93.9 Å². The van der Waals surface area contributed by atoms with Crippen LogP contribution in [0.4, 0.5) is 68.2 Å². The molecule has 26 rings (SSSR count). The molecule has 0 saturated carbocycles. The van der Waals surface area contributed by atoms with E-state index < -0.39 is 0 Å². The van der Waals surface area contributed by atoms with Gasteiger partial charge < -0.3 is 37.3 Å². The second kappa shape index (κ2) is 32.0. The van der Waals surface area contributed by atoms with Gasteiger partial charge in [0, 0.05) is 98.2 Å². The Morgan fingerprint density at radius 2 is 0.399 bits per heavy atom. The molecule has 0 atom stereocenters. The van der Waals surface area contributed by atoms with Gasteiger partial charge in [-0.25, -0.2) is 0 Å². The van der Waals surface area contributed by atoms with Crippen LogP contribution in [0.1, 0.15) is 86.1 Å². The van der Waals surface area contributed by atoms with Crippen LogP contribution in [0.25, 0.3) is 175 Å². The Bertz CT molecular complexity index is 8800. The second-order valence-electron chi connectivity index (χ2n) is 39.6. The molecule has 4 aromatic heterocycles. The Morgan fingerprint density at radius 1 is 0.181 bits per heavy atom. The van der Waals surface area contributed by atoms with Crippen LogP contribution in [0.2, 0.25) is 0 Å². The van der Waals surface area contributed by atoms with E-state index in [1.54, 1.807) is 0 Å². The van der Waals surface area contributed by atoms with Crippen LogP contribution in [0, 0.1) is 41.5 Å². The number of nitrogens with zero attached hydrogens (tertiary/aromatic N) is 4. The van der Waals surface area contributed by atoms with Crippen molar-refractivity contribution in [1.29, 1.82) is 0 Å². The molecule has 0 fully saturated rings. The molecule has 0 spiro atoms. The van der Waals surface area contributed by atoms with E-state index in [0.29, 0.717) is 0 Å². The highest BCUT2D eigenvalue weighted by atomic mass is 16.3. The van der Waals surface area contributed by atoms with Crippen LogP contribution in [0.15, 0.2) is 406 Å². The smallest absolute Gasteiger partial charge is 0.159 e. The maximum Gasteiger partial charge on any atom is 0.159 e. The number of aryl methyl sites for hydroxylation is 4. The molecule has 0 aliphatic carbocycles. The van der Waals surface area contributed by atoms with E-state index in [-0.39, 0.29) is 10.8 Å². The molecule has 0 unspecified atom stereocenters. The zero-order valence-corrected chi connectivity index (χ0v) is 79.4. The minimum absolute atomic E-state index is 0.187. The van der Waals surface area contributed by atoms with Crippen molar-refractivity contribution in [3.05, 3.63) is 433 Å². The average molecular weight is 1780 g/mol. The number of hydrogen-bond donors (Lipinski definition) is 0. The zero-order valence-electron chi connectivity index (χ0n) is 79.4. The average Bonchev–Trinajstić information content (AvgIpc) is 1.12. The first kappa shape index (κ1) is 83.2. The summed E-state index contributed by atoms with van der Waals surface area (Å²) in [5.41, 5.74) is 34.1. The largest absolute Gasteiger partial charge is 0.454 e. The van der Waals surface area contributed by atoms with E-state index in [9.17, 15) is 0 Å². The third-order valence-corrected chi connectivity index (χ3v) is 29.3. The molecule has 664 valence electrons. The molecule has 0 radical (unpaired) electrons.